The van der Waals surface area contributed by atoms with Crippen LogP contribution in [-0.2, 0) is 13.0 Å². The van der Waals surface area contributed by atoms with Crippen LogP contribution in [0.3, 0.4) is 0 Å². The summed E-state index contributed by atoms with van der Waals surface area (Å²) >= 11 is 0. The van der Waals surface area contributed by atoms with E-state index in [4.69, 9.17) is 0 Å². The van der Waals surface area contributed by atoms with Crippen molar-refractivity contribution in [2.45, 2.75) is 73.8 Å². The number of hydrogen-bond donors (Lipinski definition) is 0. The van der Waals surface area contributed by atoms with E-state index in [0.717, 1.165) is 25.1 Å². The summed E-state index contributed by atoms with van der Waals surface area (Å²) in [7, 11) is 0. The first kappa shape index (κ1) is 15.2. The molecule has 0 amide bonds. The number of hydrogen-bond acceptors (Lipinski definition) is 2. The van der Waals surface area contributed by atoms with E-state index in [1.54, 1.807) is 0 Å². The normalized spacial score (nSPS) is 13.0. The van der Waals surface area contributed by atoms with Crippen molar-refractivity contribution in [1.82, 2.24) is 15.0 Å². The van der Waals surface area contributed by atoms with E-state index in [2.05, 4.69) is 58.1 Å². The SMILES string of the molecule is CC(C)(C)CCCc1cn(CCC(C)(C)C)nn1. The lowest BCUT2D eigenvalue weighted by atomic mass is 9.89. The second kappa shape index (κ2) is 5.85. The molecule has 1 rings (SSSR count). The topological polar surface area (TPSA) is 30.7 Å². The van der Waals surface area contributed by atoms with Crippen molar-refractivity contribution in [3.05, 3.63) is 11.9 Å². The van der Waals surface area contributed by atoms with E-state index in [0.29, 0.717) is 10.8 Å². The molecule has 0 spiro atoms. The average Bonchev–Trinajstić information content (AvgIpc) is 2.60. The Kier molecular flexibility index (Phi) is 4.94. The van der Waals surface area contributed by atoms with Crippen LogP contribution in [0, 0.1) is 10.8 Å². The van der Waals surface area contributed by atoms with Gasteiger partial charge in [0.2, 0.25) is 0 Å². The summed E-state index contributed by atoms with van der Waals surface area (Å²) in [5.74, 6) is 0. The van der Waals surface area contributed by atoms with Crippen molar-refractivity contribution < 1.29 is 0 Å². The molecule has 0 aliphatic heterocycles. The largest absolute Gasteiger partial charge is 0.252 e. The van der Waals surface area contributed by atoms with Gasteiger partial charge in [-0.25, -0.2) is 0 Å². The first-order valence-electron chi connectivity index (χ1n) is 7.05. The van der Waals surface area contributed by atoms with Gasteiger partial charge in [0.1, 0.15) is 0 Å². The minimum absolute atomic E-state index is 0.359. The molecule has 0 aliphatic carbocycles. The van der Waals surface area contributed by atoms with Gasteiger partial charge in [0.25, 0.3) is 0 Å². The van der Waals surface area contributed by atoms with E-state index >= 15 is 0 Å². The average molecular weight is 251 g/mol. The van der Waals surface area contributed by atoms with Crippen LogP contribution in [0.15, 0.2) is 6.20 Å². The fraction of sp³-hybridized carbons (Fsp3) is 0.867. The van der Waals surface area contributed by atoms with Crippen LogP contribution in [0.2, 0.25) is 0 Å². The first-order valence-corrected chi connectivity index (χ1v) is 7.05. The molecule has 0 saturated carbocycles. The van der Waals surface area contributed by atoms with Gasteiger partial charge in [-0.15, -0.1) is 5.10 Å². The van der Waals surface area contributed by atoms with Crippen LogP contribution in [0.25, 0.3) is 0 Å². The third-order valence-electron chi connectivity index (χ3n) is 3.04. The number of rotatable bonds is 5. The summed E-state index contributed by atoms with van der Waals surface area (Å²) < 4.78 is 1.98. The second-order valence-corrected chi connectivity index (χ2v) is 7.70. The van der Waals surface area contributed by atoms with Gasteiger partial charge >= 0.3 is 0 Å². The predicted octanol–water partition coefficient (Wildman–Crippen LogP) is 4.08. The fourth-order valence-electron chi connectivity index (χ4n) is 1.81. The molecule has 0 unspecified atom stereocenters. The molecule has 0 N–H and O–H groups in total. The van der Waals surface area contributed by atoms with Crippen LogP contribution < -0.4 is 0 Å². The highest BCUT2D eigenvalue weighted by atomic mass is 15.4. The zero-order chi connectivity index (χ0) is 13.8. The molecule has 1 aromatic rings. The van der Waals surface area contributed by atoms with E-state index in [-0.39, 0.29) is 0 Å². The molecule has 0 aliphatic rings. The van der Waals surface area contributed by atoms with E-state index < -0.39 is 0 Å². The predicted molar refractivity (Wildman–Crippen MR) is 76.5 cm³/mol. The molecule has 0 atom stereocenters. The summed E-state index contributed by atoms with van der Waals surface area (Å²) in [6.45, 7) is 14.6. The Morgan fingerprint density at radius 3 is 2.17 bits per heavy atom. The number of nitrogens with zero attached hydrogens (tertiary/aromatic N) is 3. The number of aryl methyl sites for hydroxylation is 2. The molecule has 0 aromatic carbocycles. The second-order valence-electron chi connectivity index (χ2n) is 7.70. The van der Waals surface area contributed by atoms with Crippen LogP contribution >= 0.6 is 0 Å². The molecule has 18 heavy (non-hydrogen) atoms. The van der Waals surface area contributed by atoms with Crippen molar-refractivity contribution in [2.75, 3.05) is 0 Å². The monoisotopic (exact) mass is 251 g/mol. The minimum atomic E-state index is 0.359. The van der Waals surface area contributed by atoms with E-state index in [1.807, 2.05) is 4.68 Å². The van der Waals surface area contributed by atoms with Gasteiger partial charge in [0, 0.05) is 12.7 Å². The Morgan fingerprint density at radius 2 is 1.61 bits per heavy atom. The van der Waals surface area contributed by atoms with Gasteiger partial charge in [-0.05, 0) is 36.5 Å². The van der Waals surface area contributed by atoms with Gasteiger partial charge in [-0.3, -0.25) is 4.68 Å². The fourth-order valence-corrected chi connectivity index (χ4v) is 1.81. The molecule has 1 aromatic heterocycles. The third kappa shape index (κ3) is 6.77. The summed E-state index contributed by atoms with van der Waals surface area (Å²) in [6, 6.07) is 0. The molecule has 0 fully saturated rings. The Bertz CT molecular complexity index is 353. The molecule has 104 valence electrons. The Balaban J connectivity index is 2.35. The van der Waals surface area contributed by atoms with E-state index in [9.17, 15) is 0 Å². The van der Waals surface area contributed by atoms with Gasteiger partial charge < -0.3 is 0 Å². The third-order valence-corrected chi connectivity index (χ3v) is 3.04. The molecular formula is C15H29N3. The summed E-state index contributed by atoms with van der Waals surface area (Å²) in [4.78, 5) is 0. The highest BCUT2D eigenvalue weighted by molar-refractivity contribution is 4.92. The van der Waals surface area contributed by atoms with Crippen molar-refractivity contribution in [1.29, 1.82) is 0 Å². The molecule has 0 saturated heterocycles. The quantitative estimate of drug-likeness (QED) is 0.789. The van der Waals surface area contributed by atoms with Crippen molar-refractivity contribution in [3.8, 4) is 0 Å². The summed E-state index contributed by atoms with van der Waals surface area (Å²) in [5.41, 5.74) is 1.91. The maximum Gasteiger partial charge on any atom is 0.0827 e. The molecule has 3 nitrogen and oxygen atoms in total. The van der Waals surface area contributed by atoms with Crippen LogP contribution in [0.5, 0.6) is 0 Å². The standard InChI is InChI=1S/C15H29N3/c1-14(2,3)9-7-8-13-12-18(17-16-13)11-10-15(4,5)6/h12H,7-11H2,1-6H3. The molecule has 0 radical (unpaired) electrons. The highest BCUT2D eigenvalue weighted by Gasteiger charge is 2.12. The zero-order valence-corrected chi connectivity index (χ0v) is 13.0. The molecule has 1 heterocycles. The molecule has 0 bridgehead atoms. The minimum Gasteiger partial charge on any atom is -0.252 e. The van der Waals surface area contributed by atoms with Gasteiger partial charge in [-0.2, -0.15) is 0 Å². The lowest BCUT2D eigenvalue weighted by molar-refractivity contribution is 0.339. The maximum absolute atomic E-state index is 4.25. The Labute approximate surface area is 112 Å². The smallest absolute Gasteiger partial charge is 0.0827 e. The molecule has 3 heteroatoms. The van der Waals surface area contributed by atoms with Crippen molar-refractivity contribution in [3.63, 3.8) is 0 Å². The lowest BCUT2D eigenvalue weighted by Crippen LogP contribution is -2.10. The number of aromatic nitrogens is 3. The zero-order valence-electron chi connectivity index (χ0n) is 13.0. The van der Waals surface area contributed by atoms with Crippen molar-refractivity contribution in [2.24, 2.45) is 10.8 Å². The maximum atomic E-state index is 4.25. The lowest BCUT2D eigenvalue weighted by Gasteiger charge is -2.17. The van der Waals surface area contributed by atoms with E-state index in [1.165, 1.54) is 12.8 Å². The van der Waals surface area contributed by atoms with Gasteiger partial charge in [-0.1, -0.05) is 46.8 Å². The van der Waals surface area contributed by atoms with Gasteiger partial charge in [0.15, 0.2) is 0 Å². The Morgan fingerprint density at radius 1 is 1.00 bits per heavy atom. The Hall–Kier alpha value is -0.860. The van der Waals surface area contributed by atoms with Gasteiger partial charge in [0.05, 0.1) is 5.69 Å². The highest BCUT2D eigenvalue weighted by Crippen LogP contribution is 2.22. The molecular weight excluding hydrogens is 222 g/mol. The first-order chi connectivity index (χ1) is 8.16. The van der Waals surface area contributed by atoms with Crippen LogP contribution in [0.4, 0.5) is 0 Å². The van der Waals surface area contributed by atoms with Crippen molar-refractivity contribution >= 4 is 0 Å². The van der Waals surface area contributed by atoms with Crippen LogP contribution in [0.1, 0.15) is 66.5 Å². The van der Waals surface area contributed by atoms with Crippen LogP contribution in [-0.4, -0.2) is 15.0 Å². The summed E-state index contributed by atoms with van der Waals surface area (Å²) in [5, 5.41) is 8.45. The summed E-state index contributed by atoms with van der Waals surface area (Å²) in [6.07, 6.45) is 6.72.